The molecule has 4 heteroatoms. The fourth-order valence-corrected chi connectivity index (χ4v) is 2.97. The number of hydrogen-bond donors (Lipinski definition) is 0. The maximum absolute atomic E-state index is 12.0. The van der Waals surface area contributed by atoms with Crippen LogP contribution in [0.4, 0.5) is 4.79 Å². The van der Waals surface area contributed by atoms with Gasteiger partial charge in [0.1, 0.15) is 5.60 Å². The van der Waals surface area contributed by atoms with Crippen LogP contribution in [0.25, 0.3) is 0 Å². The fraction of sp³-hybridized carbons (Fsp3) is 0.643. The Hall–Kier alpha value is -0.770. The summed E-state index contributed by atoms with van der Waals surface area (Å²) in [5, 5.41) is 0.905. The third-order valence-corrected chi connectivity index (χ3v) is 3.85. The first-order valence-electron chi connectivity index (χ1n) is 6.35. The number of halogens is 1. The normalized spacial score (nSPS) is 19.8. The molecule has 1 aliphatic carbocycles. The second-order valence-corrected chi connectivity index (χ2v) is 6.38. The highest BCUT2D eigenvalue weighted by Crippen LogP contribution is 2.33. The summed E-state index contributed by atoms with van der Waals surface area (Å²) in [5.41, 5.74) is 3.65. The monoisotopic (exact) mass is 313 g/mol. The Morgan fingerprint density at radius 1 is 1.44 bits per heavy atom. The van der Waals surface area contributed by atoms with E-state index in [2.05, 4.69) is 22.0 Å². The SMILES string of the molecule is CC(C)(C)OC(=O)N1CC2=CCCC(CBr)=C2C1. The van der Waals surface area contributed by atoms with Gasteiger partial charge in [-0.3, -0.25) is 4.90 Å². The van der Waals surface area contributed by atoms with Gasteiger partial charge in [0.25, 0.3) is 0 Å². The molecule has 0 radical (unpaired) electrons. The van der Waals surface area contributed by atoms with Crippen LogP contribution in [0.1, 0.15) is 33.6 Å². The Morgan fingerprint density at radius 3 is 2.78 bits per heavy atom. The molecular weight excluding hydrogens is 294 g/mol. The summed E-state index contributed by atoms with van der Waals surface area (Å²) in [4.78, 5) is 13.8. The van der Waals surface area contributed by atoms with Gasteiger partial charge in [0, 0.05) is 18.4 Å². The Bertz CT molecular complexity index is 418. The van der Waals surface area contributed by atoms with Crippen LogP contribution >= 0.6 is 15.9 Å². The third kappa shape index (κ3) is 2.97. The van der Waals surface area contributed by atoms with Crippen LogP contribution in [-0.2, 0) is 4.74 Å². The number of hydrogen-bond acceptors (Lipinski definition) is 2. The van der Waals surface area contributed by atoms with Crippen LogP contribution in [0.3, 0.4) is 0 Å². The van der Waals surface area contributed by atoms with E-state index in [1.165, 1.54) is 16.7 Å². The molecule has 3 nitrogen and oxygen atoms in total. The Labute approximate surface area is 117 Å². The van der Waals surface area contributed by atoms with Crippen molar-refractivity contribution in [2.75, 3.05) is 18.4 Å². The molecule has 1 saturated heterocycles. The molecule has 0 saturated carbocycles. The molecule has 0 unspecified atom stereocenters. The Morgan fingerprint density at radius 2 is 2.17 bits per heavy atom. The maximum atomic E-state index is 12.0. The standard InChI is InChI=1S/C14H20BrNO2/c1-14(2,3)18-13(17)16-8-11-6-4-5-10(7-15)12(11)9-16/h6H,4-5,7-9H2,1-3H3. The number of alkyl halides is 1. The highest BCUT2D eigenvalue weighted by atomic mass is 79.9. The predicted molar refractivity (Wildman–Crippen MR) is 75.9 cm³/mol. The van der Waals surface area contributed by atoms with Crippen LogP contribution in [0, 0.1) is 0 Å². The minimum Gasteiger partial charge on any atom is -0.444 e. The van der Waals surface area contributed by atoms with E-state index < -0.39 is 5.60 Å². The van der Waals surface area contributed by atoms with Gasteiger partial charge in [-0.25, -0.2) is 4.79 Å². The number of amides is 1. The number of nitrogens with zero attached hydrogens (tertiary/aromatic N) is 1. The zero-order valence-electron chi connectivity index (χ0n) is 11.3. The summed E-state index contributed by atoms with van der Waals surface area (Å²) in [6.45, 7) is 7.09. The minimum absolute atomic E-state index is 0.209. The lowest BCUT2D eigenvalue weighted by Crippen LogP contribution is -2.35. The number of carbonyl (C=O) groups excluding carboxylic acids is 1. The predicted octanol–water partition coefficient (Wildman–Crippen LogP) is 3.65. The van der Waals surface area contributed by atoms with Crippen LogP contribution in [0.15, 0.2) is 22.8 Å². The van der Waals surface area contributed by atoms with Crippen LogP contribution in [0.2, 0.25) is 0 Å². The molecule has 100 valence electrons. The summed E-state index contributed by atoms with van der Waals surface area (Å²) >= 11 is 3.53. The van der Waals surface area contributed by atoms with E-state index in [9.17, 15) is 4.79 Å². The largest absolute Gasteiger partial charge is 0.444 e. The summed E-state index contributed by atoms with van der Waals surface area (Å²) in [6.07, 6.45) is 4.24. The first-order chi connectivity index (χ1) is 8.40. The van der Waals surface area contributed by atoms with E-state index in [1.54, 1.807) is 4.90 Å². The average molecular weight is 314 g/mol. The second-order valence-electron chi connectivity index (χ2n) is 5.82. The number of allylic oxidation sites excluding steroid dienone is 2. The number of fused-ring (bicyclic) bond motifs is 1. The lowest BCUT2D eigenvalue weighted by atomic mass is 9.94. The molecule has 2 aliphatic rings. The van der Waals surface area contributed by atoms with Crippen LogP contribution < -0.4 is 0 Å². The molecule has 1 heterocycles. The van der Waals surface area contributed by atoms with Crippen molar-refractivity contribution in [3.05, 3.63) is 22.8 Å². The number of ether oxygens (including phenoxy) is 1. The van der Waals surface area contributed by atoms with Crippen molar-refractivity contribution >= 4 is 22.0 Å². The van der Waals surface area contributed by atoms with Gasteiger partial charge < -0.3 is 4.74 Å². The first kappa shape index (κ1) is 13.7. The smallest absolute Gasteiger partial charge is 0.410 e. The highest BCUT2D eigenvalue weighted by Gasteiger charge is 2.31. The molecule has 1 aliphatic heterocycles. The van der Waals surface area contributed by atoms with E-state index in [0.29, 0.717) is 13.1 Å². The molecule has 0 bridgehead atoms. The second kappa shape index (κ2) is 5.08. The molecule has 0 N–H and O–H groups in total. The van der Waals surface area contributed by atoms with Crippen molar-refractivity contribution in [3.8, 4) is 0 Å². The van der Waals surface area contributed by atoms with Gasteiger partial charge in [-0.15, -0.1) is 0 Å². The molecule has 1 amide bonds. The number of likely N-dealkylation sites (tertiary alicyclic amines) is 1. The van der Waals surface area contributed by atoms with Gasteiger partial charge in [-0.2, -0.15) is 0 Å². The summed E-state index contributed by atoms with van der Waals surface area (Å²) < 4.78 is 5.42. The molecule has 0 aromatic rings. The quantitative estimate of drug-likeness (QED) is 0.692. The number of carbonyl (C=O) groups is 1. The molecular formula is C14H20BrNO2. The van der Waals surface area contributed by atoms with Gasteiger partial charge >= 0.3 is 6.09 Å². The molecule has 1 fully saturated rings. The van der Waals surface area contributed by atoms with Gasteiger partial charge in [0.2, 0.25) is 0 Å². The van der Waals surface area contributed by atoms with Gasteiger partial charge in [0.15, 0.2) is 0 Å². The maximum Gasteiger partial charge on any atom is 0.410 e. The van der Waals surface area contributed by atoms with Crippen LogP contribution in [0.5, 0.6) is 0 Å². The lowest BCUT2D eigenvalue weighted by Gasteiger charge is -2.23. The molecule has 0 atom stereocenters. The van der Waals surface area contributed by atoms with Crippen molar-refractivity contribution in [2.45, 2.75) is 39.2 Å². The van der Waals surface area contributed by atoms with Crippen molar-refractivity contribution in [2.24, 2.45) is 0 Å². The van der Waals surface area contributed by atoms with E-state index in [-0.39, 0.29) is 6.09 Å². The zero-order chi connectivity index (χ0) is 13.3. The third-order valence-electron chi connectivity index (χ3n) is 3.17. The van der Waals surface area contributed by atoms with Crippen molar-refractivity contribution < 1.29 is 9.53 Å². The summed E-state index contributed by atoms with van der Waals surface area (Å²) in [6, 6.07) is 0. The van der Waals surface area contributed by atoms with E-state index in [4.69, 9.17) is 4.74 Å². The fourth-order valence-electron chi connectivity index (χ4n) is 2.35. The number of rotatable bonds is 1. The lowest BCUT2D eigenvalue weighted by molar-refractivity contribution is 0.0305. The summed E-state index contributed by atoms with van der Waals surface area (Å²) in [5.74, 6) is 0. The highest BCUT2D eigenvalue weighted by molar-refractivity contribution is 9.09. The van der Waals surface area contributed by atoms with Crippen molar-refractivity contribution in [1.29, 1.82) is 0 Å². The van der Waals surface area contributed by atoms with Crippen molar-refractivity contribution in [3.63, 3.8) is 0 Å². The molecule has 2 rings (SSSR count). The Kier molecular flexibility index (Phi) is 3.85. The van der Waals surface area contributed by atoms with Gasteiger partial charge in [-0.05, 0) is 44.8 Å². The zero-order valence-corrected chi connectivity index (χ0v) is 12.8. The summed E-state index contributed by atoms with van der Waals surface area (Å²) in [7, 11) is 0. The van der Waals surface area contributed by atoms with E-state index in [0.717, 1.165) is 18.2 Å². The van der Waals surface area contributed by atoms with Crippen molar-refractivity contribution in [1.82, 2.24) is 4.90 Å². The van der Waals surface area contributed by atoms with Gasteiger partial charge in [0.05, 0.1) is 0 Å². The minimum atomic E-state index is -0.425. The van der Waals surface area contributed by atoms with E-state index >= 15 is 0 Å². The molecule has 0 aromatic carbocycles. The topological polar surface area (TPSA) is 29.5 Å². The van der Waals surface area contributed by atoms with Gasteiger partial charge in [-0.1, -0.05) is 27.6 Å². The molecule has 0 aromatic heterocycles. The molecule has 0 spiro atoms. The Balaban J connectivity index is 2.10. The average Bonchev–Trinajstić information content (AvgIpc) is 2.70. The molecule has 18 heavy (non-hydrogen) atoms. The first-order valence-corrected chi connectivity index (χ1v) is 7.47. The van der Waals surface area contributed by atoms with Crippen LogP contribution in [-0.4, -0.2) is 35.0 Å². The van der Waals surface area contributed by atoms with E-state index in [1.807, 2.05) is 20.8 Å².